The summed E-state index contributed by atoms with van der Waals surface area (Å²) in [7, 11) is 0. The number of hydrogen-bond acceptors (Lipinski definition) is 3. The number of aromatic nitrogens is 2. The second-order valence-corrected chi connectivity index (χ2v) is 4.71. The Morgan fingerprint density at radius 1 is 1.47 bits per heavy atom. The highest BCUT2D eigenvalue weighted by atomic mass is 16.3. The van der Waals surface area contributed by atoms with E-state index >= 15 is 0 Å². The summed E-state index contributed by atoms with van der Waals surface area (Å²) in [4.78, 5) is 0. The molecule has 0 aliphatic carbocycles. The van der Waals surface area contributed by atoms with Crippen LogP contribution in [0.4, 0.5) is 0 Å². The molecule has 2 atom stereocenters. The van der Waals surface area contributed by atoms with Gasteiger partial charge in [-0.3, -0.25) is 4.68 Å². The molecule has 0 spiro atoms. The van der Waals surface area contributed by atoms with Crippen molar-refractivity contribution < 1.29 is 5.11 Å². The van der Waals surface area contributed by atoms with Crippen molar-refractivity contribution in [1.29, 1.82) is 0 Å². The average molecular weight is 211 g/mol. The minimum atomic E-state index is -0.669. The van der Waals surface area contributed by atoms with Gasteiger partial charge in [0.05, 0.1) is 11.6 Å². The van der Waals surface area contributed by atoms with E-state index in [4.69, 9.17) is 0 Å². The molecule has 0 saturated heterocycles. The van der Waals surface area contributed by atoms with Crippen molar-refractivity contribution in [2.24, 2.45) is 0 Å². The molecule has 4 nitrogen and oxygen atoms in total. The summed E-state index contributed by atoms with van der Waals surface area (Å²) in [6.07, 6.45) is 3.73. The van der Waals surface area contributed by atoms with Gasteiger partial charge in [-0.15, -0.1) is 0 Å². The third kappa shape index (κ3) is 4.01. The van der Waals surface area contributed by atoms with Crippen LogP contribution < -0.4 is 5.32 Å². The summed E-state index contributed by atoms with van der Waals surface area (Å²) < 4.78 is 1.92. The van der Waals surface area contributed by atoms with Crippen LogP contribution in [0.3, 0.4) is 0 Å². The van der Waals surface area contributed by atoms with E-state index in [1.807, 2.05) is 16.9 Å². The average Bonchev–Trinajstić information content (AvgIpc) is 2.64. The molecule has 2 N–H and O–H groups in total. The summed E-state index contributed by atoms with van der Waals surface area (Å²) in [5.41, 5.74) is -0.669. The Kier molecular flexibility index (Phi) is 3.88. The van der Waals surface area contributed by atoms with Gasteiger partial charge >= 0.3 is 0 Å². The molecule has 1 rings (SSSR count). The van der Waals surface area contributed by atoms with Gasteiger partial charge in [-0.25, -0.2) is 0 Å². The Morgan fingerprint density at radius 3 is 2.60 bits per heavy atom. The second-order valence-electron chi connectivity index (χ2n) is 4.71. The first kappa shape index (κ1) is 12.2. The molecule has 86 valence electrons. The van der Waals surface area contributed by atoms with Crippen LogP contribution in [-0.4, -0.2) is 33.1 Å². The lowest BCUT2D eigenvalue weighted by Gasteiger charge is -2.25. The van der Waals surface area contributed by atoms with Crippen LogP contribution in [0.15, 0.2) is 18.5 Å². The van der Waals surface area contributed by atoms with Crippen LogP contribution in [0.1, 0.15) is 33.7 Å². The number of hydrogen-bond donors (Lipinski definition) is 2. The fourth-order valence-corrected chi connectivity index (χ4v) is 1.33. The molecule has 0 aromatic carbocycles. The van der Waals surface area contributed by atoms with E-state index in [2.05, 4.69) is 24.3 Å². The van der Waals surface area contributed by atoms with Gasteiger partial charge in [0, 0.05) is 25.0 Å². The molecule has 0 fully saturated rings. The Bertz CT molecular complexity index is 277. The smallest absolute Gasteiger partial charge is 0.0715 e. The van der Waals surface area contributed by atoms with E-state index in [0.29, 0.717) is 6.54 Å². The van der Waals surface area contributed by atoms with Crippen molar-refractivity contribution in [2.45, 2.75) is 45.4 Å². The number of rotatable bonds is 5. The van der Waals surface area contributed by atoms with E-state index in [1.54, 1.807) is 20.0 Å². The van der Waals surface area contributed by atoms with E-state index in [0.717, 1.165) is 0 Å². The molecule has 0 bridgehead atoms. The first-order valence-corrected chi connectivity index (χ1v) is 5.35. The van der Waals surface area contributed by atoms with Crippen LogP contribution in [-0.2, 0) is 0 Å². The van der Waals surface area contributed by atoms with Gasteiger partial charge in [0.15, 0.2) is 0 Å². The van der Waals surface area contributed by atoms with Crippen molar-refractivity contribution in [3.8, 4) is 0 Å². The summed E-state index contributed by atoms with van der Waals surface area (Å²) in [6, 6.07) is 2.47. The lowest BCUT2D eigenvalue weighted by Crippen LogP contribution is -2.42. The zero-order valence-electron chi connectivity index (χ0n) is 9.94. The topological polar surface area (TPSA) is 50.1 Å². The van der Waals surface area contributed by atoms with Crippen LogP contribution in [0.25, 0.3) is 0 Å². The minimum Gasteiger partial charge on any atom is -0.389 e. The summed E-state index contributed by atoms with van der Waals surface area (Å²) >= 11 is 0. The van der Waals surface area contributed by atoms with Crippen LogP contribution in [0, 0.1) is 0 Å². The molecule has 1 aromatic heterocycles. The summed E-state index contributed by atoms with van der Waals surface area (Å²) in [6.45, 7) is 8.38. The monoisotopic (exact) mass is 211 g/mol. The SMILES string of the molecule is C[C@@H](NCC(C)(C)O)[C@H](C)n1cccn1. The lowest BCUT2D eigenvalue weighted by molar-refractivity contribution is 0.0747. The molecule has 0 aliphatic rings. The quantitative estimate of drug-likeness (QED) is 0.769. The van der Waals surface area contributed by atoms with Crippen molar-refractivity contribution in [3.63, 3.8) is 0 Å². The lowest BCUT2D eigenvalue weighted by atomic mass is 10.1. The van der Waals surface area contributed by atoms with E-state index in [-0.39, 0.29) is 12.1 Å². The van der Waals surface area contributed by atoms with Crippen molar-refractivity contribution >= 4 is 0 Å². The summed E-state index contributed by atoms with van der Waals surface area (Å²) in [5, 5.41) is 17.1. The number of aliphatic hydroxyl groups is 1. The first-order chi connectivity index (χ1) is 6.90. The molecule has 0 aliphatic heterocycles. The predicted molar refractivity (Wildman–Crippen MR) is 60.7 cm³/mol. The van der Waals surface area contributed by atoms with E-state index < -0.39 is 5.60 Å². The van der Waals surface area contributed by atoms with Crippen LogP contribution in [0.2, 0.25) is 0 Å². The largest absolute Gasteiger partial charge is 0.389 e. The van der Waals surface area contributed by atoms with E-state index in [1.165, 1.54) is 0 Å². The van der Waals surface area contributed by atoms with E-state index in [9.17, 15) is 5.11 Å². The highest BCUT2D eigenvalue weighted by Gasteiger charge is 2.18. The van der Waals surface area contributed by atoms with Gasteiger partial charge in [-0.05, 0) is 33.8 Å². The third-order valence-electron chi connectivity index (χ3n) is 2.52. The molecule has 0 amide bonds. The maximum Gasteiger partial charge on any atom is 0.0715 e. The number of nitrogens with zero attached hydrogens (tertiary/aromatic N) is 2. The minimum absolute atomic E-state index is 0.274. The molecule has 0 radical (unpaired) electrons. The number of nitrogens with one attached hydrogen (secondary N) is 1. The Balaban J connectivity index is 2.44. The molecule has 1 aromatic rings. The maximum absolute atomic E-state index is 9.59. The highest BCUT2D eigenvalue weighted by molar-refractivity contribution is 4.84. The molecule has 1 heterocycles. The molecular formula is C11H21N3O. The maximum atomic E-state index is 9.59. The second kappa shape index (κ2) is 4.77. The molecule has 0 unspecified atom stereocenters. The first-order valence-electron chi connectivity index (χ1n) is 5.35. The van der Waals surface area contributed by atoms with Gasteiger partial charge in [0.1, 0.15) is 0 Å². The zero-order valence-corrected chi connectivity index (χ0v) is 9.94. The third-order valence-corrected chi connectivity index (χ3v) is 2.52. The van der Waals surface area contributed by atoms with Crippen LogP contribution in [0.5, 0.6) is 0 Å². The van der Waals surface area contributed by atoms with Gasteiger partial charge in [-0.1, -0.05) is 0 Å². The molecule has 4 heteroatoms. The van der Waals surface area contributed by atoms with Crippen molar-refractivity contribution in [1.82, 2.24) is 15.1 Å². The van der Waals surface area contributed by atoms with Gasteiger partial charge < -0.3 is 10.4 Å². The van der Waals surface area contributed by atoms with Gasteiger partial charge in [0.2, 0.25) is 0 Å². The Morgan fingerprint density at radius 2 is 2.13 bits per heavy atom. The fraction of sp³-hybridized carbons (Fsp3) is 0.727. The van der Waals surface area contributed by atoms with Crippen LogP contribution >= 0.6 is 0 Å². The molecule has 15 heavy (non-hydrogen) atoms. The van der Waals surface area contributed by atoms with Crippen molar-refractivity contribution in [3.05, 3.63) is 18.5 Å². The van der Waals surface area contributed by atoms with Gasteiger partial charge in [0.25, 0.3) is 0 Å². The normalized spacial score (nSPS) is 16.3. The standard InChI is InChI=1S/C11H21N3O/c1-9(12-8-11(3,4)15)10(2)14-7-5-6-13-14/h5-7,9-10,12,15H,8H2,1-4H3/t9-,10+/m1/s1. The van der Waals surface area contributed by atoms with Gasteiger partial charge in [-0.2, -0.15) is 5.10 Å². The Hall–Kier alpha value is -0.870. The Labute approximate surface area is 91.3 Å². The zero-order chi connectivity index (χ0) is 11.5. The predicted octanol–water partition coefficient (Wildman–Crippen LogP) is 1.19. The molecular weight excluding hydrogens is 190 g/mol. The van der Waals surface area contributed by atoms with Crippen molar-refractivity contribution in [2.75, 3.05) is 6.54 Å². The fourth-order valence-electron chi connectivity index (χ4n) is 1.33. The molecule has 0 saturated carbocycles. The summed E-state index contributed by atoms with van der Waals surface area (Å²) in [5.74, 6) is 0. The highest BCUT2D eigenvalue weighted by Crippen LogP contribution is 2.09.